The molecule has 2 N–H and O–H groups in total. The number of nitrogens with one attached hydrogen (secondary N) is 1. The van der Waals surface area contributed by atoms with Crippen LogP contribution >= 0.6 is 0 Å². The lowest BCUT2D eigenvalue weighted by atomic mass is 9.88. The van der Waals surface area contributed by atoms with Crippen LogP contribution in [-0.4, -0.2) is 85.6 Å². The maximum absolute atomic E-state index is 13.7. The van der Waals surface area contributed by atoms with Gasteiger partial charge in [0, 0.05) is 36.7 Å². The Morgan fingerprint density at radius 1 is 1.08 bits per heavy atom. The van der Waals surface area contributed by atoms with E-state index in [1.165, 1.54) is 7.11 Å². The Bertz CT molecular complexity index is 1320. The number of amides is 2. The molecule has 1 aromatic heterocycles. The van der Waals surface area contributed by atoms with Crippen molar-refractivity contribution in [1.29, 1.82) is 0 Å². The number of hydrogen-bond acceptors (Lipinski definition) is 6. The molecular weight excluding hydrogens is 490 g/mol. The molecule has 0 spiro atoms. The van der Waals surface area contributed by atoms with E-state index in [4.69, 9.17) is 24.1 Å². The number of aliphatic carboxylic acids is 1. The number of urea groups is 1. The number of H-pyrrole nitrogens is 1. The van der Waals surface area contributed by atoms with Crippen molar-refractivity contribution < 1.29 is 33.6 Å². The largest absolute Gasteiger partial charge is 0.497 e. The monoisotopic (exact) mass is 523 g/mol. The zero-order valence-electron chi connectivity index (χ0n) is 21.7. The summed E-state index contributed by atoms with van der Waals surface area (Å²) < 4.78 is 22.0. The Hall–Kier alpha value is -3.92. The molecule has 2 aliphatic rings. The minimum absolute atomic E-state index is 0.00900. The van der Waals surface area contributed by atoms with Gasteiger partial charge >= 0.3 is 12.0 Å². The Morgan fingerprint density at radius 2 is 1.89 bits per heavy atom. The summed E-state index contributed by atoms with van der Waals surface area (Å²) >= 11 is 0. The summed E-state index contributed by atoms with van der Waals surface area (Å²) in [4.78, 5) is 31.9. The summed E-state index contributed by atoms with van der Waals surface area (Å²) in [5, 5.41) is 10.2. The van der Waals surface area contributed by atoms with Crippen LogP contribution in [0.4, 0.5) is 4.79 Å². The number of carbonyl (C=O) groups excluding carboxylic acids is 1. The number of carbonyl (C=O) groups is 2. The van der Waals surface area contributed by atoms with Gasteiger partial charge in [-0.3, -0.25) is 0 Å². The molecule has 1 unspecified atom stereocenters. The third-order valence-electron chi connectivity index (χ3n) is 7.32. The average Bonchev–Trinajstić information content (AvgIpc) is 3.36. The molecule has 0 aliphatic carbocycles. The van der Waals surface area contributed by atoms with Crippen LogP contribution in [0.1, 0.15) is 29.2 Å². The van der Waals surface area contributed by atoms with E-state index in [-0.39, 0.29) is 12.1 Å². The summed E-state index contributed by atoms with van der Waals surface area (Å²) in [5.41, 5.74) is 4.21. The Morgan fingerprint density at radius 3 is 2.63 bits per heavy atom. The molecule has 1 atom stereocenters. The van der Waals surface area contributed by atoms with Crippen molar-refractivity contribution in [2.75, 3.05) is 53.7 Å². The molecular formula is C28H33N3O7. The highest BCUT2D eigenvalue weighted by Crippen LogP contribution is 2.41. The standard InChI is InChI=1S/C28H33N3O7/c1-35-20-4-5-23-21(14-20)19(16-29-23)3-6-24-22-15-25(36-2)26(38-17-27(32)33)13-18(22)7-8-31(24)28(34)30-9-11-37-12-10-30/h4-5,13-16,24,29H,3,6-12,17H2,1-2H3,(H,32,33). The summed E-state index contributed by atoms with van der Waals surface area (Å²) in [6.07, 6.45) is 4.10. The lowest BCUT2D eigenvalue weighted by Crippen LogP contribution is -2.51. The Kier molecular flexibility index (Phi) is 7.59. The van der Waals surface area contributed by atoms with E-state index in [0.29, 0.717) is 57.2 Å². The zero-order valence-corrected chi connectivity index (χ0v) is 21.7. The number of hydrogen-bond donors (Lipinski definition) is 2. The van der Waals surface area contributed by atoms with Crippen LogP contribution in [0, 0.1) is 0 Å². The van der Waals surface area contributed by atoms with E-state index in [0.717, 1.165) is 39.8 Å². The highest BCUT2D eigenvalue weighted by molar-refractivity contribution is 5.84. The first-order chi connectivity index (χ1) is 18.5. The summed E-state index contributed by atoms with van der Waals surface area (Å²) in [5.74, 6) is 0.584. The van der Waals surface area contributed by atoms with Gasteiger partial charge in [-0.25, -0.2) is 9.59 Å². The average molecular weight is 524 g/mol. The highest BCUT2D eigenvalue weighted by atomic mass is 16.5. The fourth-order valence-electron chi connectivity index (χ4n) is 5.38. The molecule has 3 aromatic rings. The molecule has 10 heteroatoms. The number of ether oxygens (including phenoxy) is 4. The molecule has 5 rings (SSSR count). The first kappa shape index (κ1) is 25.7. The second-order valence-corrected chi connectivity index (χ2v) is 9.49. The van der Waals surface area contributed by atoms with Crippen molar-refractivity contribution in [3.63, 3.8) is 0 Å². The van der Waals surface area contributed by atoms with E-state index < -0.39 is 12.6 Å². The molecule has 2 amide bonds. The van der Waals surface area contributed by atoms with E-state index >= 15 is 0 Å². The number of nitrogens with zero attached hydrogens (tertiary/aromatic N) is 2. The summed E-state index contributed by atoms with van der Waals surface area (Å²) in [7, 11) is 3.19. The number of carboxylic acid groups (broad SMARTS) is 1. The number of methoxy groups -OCH3 is 2. The van der Waals surface area contributed by atoms with Gasteiger partial charge in [-0.2, -0.15) is 0 Å². The molecule has 38 heavy (non-hydrogen) atoms. The van der Waals surface area contributed by atoms with Crippen molar-refractivity contribution in [2.45, 2.75) is 25.3 Å². The van der Waals surface area contributed by atoms with Crippen LogP contribution in [0.3, 0.4) is 0 Å². The first-order valence-electron chi connectivity index (χ1n) is 12.8. The maximum Gasteiger partial charge on any atom is 0.341 e. The third kappa shape index (κ3) is 5.22. The molecule has 2 aliphatic heterocycles. The molecule has 2 aromatic carbocycles. The van der Waals surface area contributed by atoms with Crippen molar-refractivity contribution in [3.8, 4) is 17.2 Å². The molecule has 202 valence electrons. The van der Waals surface area contributed by atoms with E-state index in [2.05, 4.69) is 4.98 Å². The van der Waals surface area contributed by atoms with Crippen LogP contribution in [-0.2, 0) is 22.4 Å². The predicted octanol–water partition coefficient (Wildman–Crippen LogP) is 3.63. The molecule has 0 saturated carbocycles. The number of aryl methyl sites for hydroxylation is 1. The van der Waals surface area contributed by atoms with Gasteiger partial charge in [0.1, 0.15) is 5.75 Å². The van der Waals surface area contributed by atoms with Gasteiger partial charge in [-0.1, -0.05) is 0 Å². The van der Waals surface area contributed by atoms with Gasteiger partial charge < -0.3 is 38.8 Å². The number of morpholine rings is 1. The molecule has 3 heterocycles. The number of aromatic amines is 1. The number of benzene rings is 2. The zero-order chi connectivity index (χ0) is 26.6. The van der Waals surface area contributed by atoms with Crippen molar-refractivity contribution in [3.05, 3.63) is 53.2 Å². The molecule has 0 bridgehead atoms. The lowest BCUT2D eigenvalue weighted by molar-refractivity contribution is -0.139. The Balaban J connectivity index is 1.47. The molecule has 1 saturated heterocycles. The van der Waals surface area contributed by atoms with E-state index in [9.17, 15) is 9.59 Å². The SMILES string of the molecule is COc1ccc2[nH]cc(CCC3c4cc(OC)c(OCC(=O)O)cc4CCN3C(=O)N3CCOCC3)c2c1. The molecule has 10 nitrogen and oxygen atoms in total. The maximum atomic E-state index is 13.7. The number of aromatic nitrogens is 1. The van der Waals surface area contributed by atoms with Crippen LogP contribution < -0.4 is 14.2 Å². The van der Waals surface area contributed by atoms with Crippen molar-refractivity contribution in [1.82, 2.24) is 14.8 Å². The fraction of sp³-hybridized carbons (Fsp3) is 0.429. The smallest absolute Gasteiger partial charge is 0.341 e. The number of fused-ring (bicyclic) bond motifs is 2. The topological polar surface area (TPSA) is 114 Å². The van der Waals surface area contributed by atoms with E-state index in [1.54, 1.807) is 7.11 Å². The first-order valence-corrected chi connectivity index (χ1v) is 12.8. The van der Waals surface area contributed by atoms with Crippen molar-refractivity contribution >= 4 is 22.9 Å². The lowest BCUT2D eigenvalue weighted by Gasteiger charge is -2.41. The minimum Gasteiger partial charge on any atom is -0.497 e. The second kappa shape index (κ2) is 11.2. The van der Waals surface area contributed by atoms with Crippen LogP contribution in [0.15, 0.2) is 36.5 Å². The highest BCUT2D eigenvalue weighted by Gasteiger charge is 2.35. The third-order valence-corrected chi connectivity index (χ3v) is 7.32. The summed E-state index contributed by atoms with van der Waals surface area (Å²) in [6.45, 7) is 2.32. The van der Waals surface area contributed by atoms with Crippen LogP contribution in [0.25, 0.3) is 10.9 Å². The quantitative estimate of drug-likeness (QED) is 0.464. The van der Waals surface area contributed by atoms with Crippen LogP contribution in [0.2, 0.25) is 0 Å². The van der Waals surface area contributed by atoms with Crippen LogP contribution in [0.5, 0.6) is 17.2 Å². The van der Waals surface area contributed by atoms with Gasteiger partial charge in [0.05, 0.1) is 33.5 Å². The summed E-state index contributed by atoms with van der Waals surface area (Å²) in [6, 6.07) is 9.54. The predicted molar refractivity (Wildman–Crippen MR) is 140 cm³/mol. The minimum atomic E-state index is -1.06. The second-order valence-electron chi connectivity index (χ2n) is 9.49. The number of carboxylic acids is 1. The van der Waals surface area contributed by atoms with Gasteiger partial charge in [-0.05, 0) is 66.3 Å². The van der Waals surface area contributed by atoms with Gasteiger partial charge in [0.2, 0.25) is 0 Å². The van der Waals surface area contributed by atoms with E-state index in [1.807, 2.05) is 46.3 Å². The van der Waals surface area contributed by atoms with Crippen molar-refractivity contribution in [2.24, 2.45) is 0 Å². The van der Waals surface area contributed by atoms with Gasteiger partial charge in [0.15, 0.2) is 18.1 Å². The van der Waals surface area contributed by atoms with Gasteiger partial charge in [0.25, 0.3) is 0 Å². The number of rotatable bonds is 8. The van der Waals surface area contributed by atoms with Gasteiger partial charge in [-0.15, -0.1) is 0 Å². The fourth-order valence-corrected chi connectivity index (χ4v) is 5.38. The normalized spacial score (nSPS) is 17.3. The Labute approximate surface area is 221 Å². The molecule has 1 fully saturated rings. The molecule has 0 radical (unpaired) electrons.